The Morgan fingerprint density at radius 3 is 1.94 bits per heavy atom. The van der Waals surface area contributed by atoms with Crippen LogP contribution in [0.4, 0.5) is 0 Å². The number of hydrogen-bond acceptors (Lipinski definition) is 7. The summed E-state index contributed by atoms with van der Waals surface area (Å²) >= 11 is 0. The van der Waals surface area contributed by atoms with E-state index in [1.54, 1.807) is 0 Å². The average Bonchev–Trinajstić information content (AvgIpc) is 2.73. The predicted molar refractivity (Wildman–Crippen MR) is 123 cm³/mol. The van der Waals surface area contributed by atoms with Gasteiger partial charge in [-0.25, -0.2) is 4.57 Å². The zero-order valence-corrected chi connectivity index (χ0v) is 21.0. The molecule has 0 aromatic rings. The maximum absolute atomic E-state index is 12.0. The summed E-state index contributed by atoms with van der Waals surface area (Å²) < 4.78 is 25.7. The zero-order valence-electron chi connectivity index (χ0n) is 20.1. The maximum atomic E-state index is 12.0. The summed E-state index contributed by atoms with van der Waals surface area (Å²) in [5.41, 5.74) is 0. The van der Waals surface area contributed by atoms with Crippen LogP contribution >= 0.6 is 7.82 Å². The molecule has 0 aromatic carbocycles. The van der Waals surface area contributed by atoms with Crippen LogP contribution in [0.15, 0.2) is 0 Å². The van der Waals surface area contributed by atoms with Crippen LogP contribution in [0.1, 0.15) is 97.3 Å². The van der Waals surface area contributed by atoms with Gasteiger partial charge in [0.05, 0.1) is 6.61 Å². The highest BCUT2D eigenvalue weighted by atomic mass is 31.2. The minimum atomic E-state index is -4.74. The second-order valence-corrected chi connectivity index (χ2v) is 9.34. The molecule has 0 aliphatic rings. The fourth-order valence-corrected chi connectivity index (χ4v) is 3.40. The zero-order chi connectivity index (χ0) is 25.0. The van der Waals surface area contributed by atoms with Gasteiger partial charge < -0.3 is 24.6 Å². The van der Waals surface area contributed by atoms with E-state index in [4.69, 9.17) is 19.3 Å². The molecule has 0 aliphatic carbocycles. The van der Waals surface area contributed by atoms with Crippen molar-refractivity contribution in [1.82, 2.24) is 5.32 Å². The molecule has 0 heterocycles. The number of nitrogens with one attached hydrogen (secondary N) is 1. The normalized spacial score (nSPS) is 12.2. The molecule has 194 valence electrons. The molecule has 3 N–H and O–H groups in total. The Hall–Kier alpha value is -1.48. The van der Waals surface area contributed by atoms with Gasteiger partial charge in [-0.1, -0.05) is 58.3 Å². The van der Waals surface area contributed by atoms with Crippen LogP contribution in [-0.2, 0) is 32.9 Å². The monoisotopic (exact) mass is 495 g/mol. The van der Waals surface area contributed by atoms with Crippen LogP contribution in [-0.4, -0.2) is 53.5 Å². The number of amides is 1. The van der Waals surface area contributed by atoms with Crippen molar-refractivity contribution in [3.63, 3.8) is 0 Å². The van der Waals surface area contributed by atoms with E-state index in [2.05, 4.69) is 16.8 Å². The number of carbonyl (C=O) groups is 3. The molecule has 0 fully saturated rings. The summed E-state index contributed by atoms with van der Waals surface area (Å²) in [4.78, 5) is 52.5. The third-order valence-corrected chi connectivity index (χ3v) is 5.31. The first-order valence-electron chi connectivity index (χ1n) is 11.9. The van der Waals surface area contributed by atoms with Crippen LogP contribution in [0.3, 0.4) is 0 Å². The summed E-state index contributed by atoms with van der Waals surface area (Å²) in [5, 5.41) is 2.73. The van der Waals surface area contributed by atoms with Crippen LogP contribution in [0.2, 0.25) is 0 Å². The number of phosphoric ester groups is 1. The van der Waals surface area contributed by atoms with Crippen LogP contribution in [0.25, 0.3) is 0 Å². The lowest BCUT2D eigenvalue weighted by Crippen LogP contribution is -2.29. The topological polar surface area (TPSA) is 148 Å². The van der Waals surface area contributed by atoms with Crippen molar-refractivity contribution in [2.45, 2.75) is 103 Å². The van der Waals surface area contributed by atoms with E-state index in [0.29, 0.717) is 19.4 Å². The van der Waals surface area contributed by atoms with Gasteiger partial charge in [-0.2, -0.15) is 0 Å². The molecule has 0 bridgehead atoms. The minimum Gasteiger partial charge on any atom is -0.462 e. The van der Waals surface area contributed by atoms with Gasteiger partial charge in [0.1, 0.15) is 6.61 Å². The molecular formula is C22H42NO9P. The molecule has 0 saturated carbocycles. The van der Waals surface area contributed by atoms with Gasteiger partial charge in [0.2, 0.25) is 5.91 Å². The maximum Gasteiger partial charge on any atom is 0.469 e. The van der Waals surface area contributed by atoms with Crippen LogP contribution < -0.4 is 5.32 Å². The third kappa shape index (κ3) is 23.5. The predicted octanol–water partition coefficient (Wildman–Crippen LogP) is 3.78. The first-order valence-corrected chi connectivity index (χ1v) is 13.5. The van der Waals surface area contributed by atoms with E-state index in [-0.39, 0.29) is 25.4 Å². The van der Waals surface area contributed by atoms with Gasteiger partial charge in [0.25, 0.3) is 0 Å². The van der Waals surface area contributed by atoms with Gasteiger partial charge in [0, 0.05) is 26.3 Å². The molecule has 0 aliphatic heterocycles. The Labute approximate surface area is 197 Å². The Balaban J connectivity index is 4.15. The molecular weight excluding hydrogens is 453 g/mol. The van der Waals surface area contributed by atoms with E-state index in [9.17, 15) is 18.9 Å². The number of carbonyl (C=O) groups excluding carboxylic acids is 3. The highest BCUT2D eigenvalue weighted by Crippen LogP contribution is 2.35. The first-order chi connectivity index (χ1) is 15.6. The SMILES string of the molecule is CCCCCCCCC(=O)O[C@H](COC(=O)CCCCCCCNC(C)=O)COP(=O)(O)O. The Morgan fingerprint density at radius 1 is 0.818 bits per heavy atom. The highest BCUT2D eigenvalue weighted by Gasteiger charge is 2.22. The van der Waals surface area contributed by atoms with Gasteiger partial charge in [0.15, 0.2) is 6.10 Å². The van der Waals surface area contributed by atoms with Crippen molar-refractivity contribution >= 4 is 25.7 Å². The molecule has 1 atom stereocenters. The summed E-state index contributed by atoms with van der Waals surface area (Å²) in [6.07, 6.45) is 9.59. The molecule has 0 spiro atoms. The largest absolute Gasteiger partial charge is 0.469 e. The Bertz CT molecular complexity index is 594. The fraction of sp³-hybridized carbons (Fsp3) is 0.864. The van der Waals surface area contributed by atoms with Crippen molar-refractivity contribution in [3.8, 4) is 0 Å². The molecule has 0 radical (unpaired) electrons. The van der Waals surface area contributed by atoms with Crippen molar-refractivity contribution in [3.05, 3.63) is 0 Å². The standard InChI is InChI=1S/C22H42NO9P/c1-3-4-5-6-8-12-15-22(26)32-20(18-31-33(27,28)29)17-30-21(25)14-11-9-7-10-13-16-23-19(2)24/h20H,3-18H2,1-2H3,(H,23,24)(H2,27,28,29)/t20-/m1/s1. The van der Waals surface area contributed by atoms with Crippen molar-refractivity contribution in [2.24, 2.45) is 0 Å². The van der Waals surface area contributed by atoms with Gasteiger partial charge in [-0.15, -0.1) is 0 Å². The number of rotatable bonds is 21. The minimum absolute atomic E-state index is 0.0460. The van der Waals surface area contributed by atoms with Gasteiger partial charge in [-0.05, 0) is 19.3 Å². The summed E-state index contributed by atoms with van der Waals surface area (Å²) in [6.45, 7) is 3.37. The molecule has 10 nitrogen and oxygen atoms in total. The lowest BCUT2D eigenvalue weighted by atomic mass is 10.1. The first kappa shape index (κ1) is 31.5. The second kappa shape index (κ2) is 19.9. The smallest absolute Gasteiger partial charge is 0.462 e. The molecule has 0 unspecified atom stereocenters. The lowest BCUT2D eigenvalue weighted by molar-refractivity contribution is -0.161. The number of esters is 2. The number of hydrogen-bond donors (Lipinski definition) is 3. The van der Waals surface area contributed by atoms with Crippen LogP contribution in [0, 0.1) is 0 Å². The van der Waals surface area contributed by atoms with Gasteiger partial charge in [-0.3, -0.25) is 18.9 Å². The second-order valence-electron chi connectivity index (χ2n) is 8.10. The van der Waals surface area contributed by atoms with E-state index < -0.39 is 32.5 Å². The van der Waals surface area contributed by atoms with Crippen LogP contribution in [0.5, 0.6) is 0 Å². The quantitative estimate of drug-likeness (QED) is 0.123. The molecule has 11 heteroatoms. The number of unbranched alkanes of at least 4 members (excludes halogenated alkanes) is 9. The van der Waals surface area contributed by atoms with E-state index in [0.717, 1.165) is 57.8 Å². The summed E-state index contributed by atoms with van der Waals surface area (Å²) in [6, 6.07) is 0. The Morgan fingerprint density at radius 2 is 1.36 bits per heavy atom. The highest BCUT2D eigenvalue weighted by molar-refractivity contribution is 7.46. The lowest BCUT2D eigenvalue weighted by Gasteiger charge is -2.18. The van der Waals surface area contributed by atoms with Crippen molar-refractivity contribution < 1.29 is 42.7 Å². The summed E-state index contributed by atoms with van der Waals surface area (Å²) in [7, 11) is -4.74. The van der Waals surface area contributed by atoms with Gasteiger partial charge >= 0.3 is 19.8 Å². The van der Waals surface area contributed by atoms with E-state index in [1.807, 2.05) is 0 Å². The van der Waals surface area contributed by atoms with E-state index >= 15 is 0 Å². The number of phosphoric acid groups is 1. The van der Waals surface area contributed by atoms with Crippen molar-refractivity contribution in [2.75, 3.05) is 19.8 Å². The Kier molecular flexibility index (Phi) is 19.0. The summed E-state index contributed by atoms with van der Waals surface area (Å²) in [5.74, 6) is -1.03. The van der Waals surface area contributed by atoms with E-state index in [1.165, 1.54) is 6.92 Å². The molecule has 1 amide bonds. The molecule has 0 aromatic heterocycles. The number of ether oxygens (including phenoxy) is 2. The van der Waals surface area contributed by atoms with Crippen molar-refractivity contribution in [1.29, 1.82) is 0 Å². The average molecular weight is 496 g/mol. The molecule has 0 rings (SSSR count). The molecule has 0 saturated heterocycles. The third-order valence-electron chi connectivity index (χ3n) is 4.82. The molecule has 33 heavy (non-hydrogen) atoms. The fourth-order valence-electron chi connectivity index (χ4n) is 3.04.